The zero-order chi connectivity index (χ0) is 25.8. The first-order valence-corrected chi connectivity index (χ1v) is 11.9. The minimum atomic E-state index is -4.52. The van der Waals surface area contributed by atoms with Gasteiger partial charge in [-0.2, -0.15) is 13.2 Å². The summed E-state index contributed by atoms with van der Waals surface area (Å²) in [4.78, 5) is 13.3. The number of fused-ring (bicyclic) bond motifs is 2. The Balaban J connectivity index is 1.33. The van der Waals surface area contributed by atoms with Gasteiger partial charge in [-0.05, 0) is 32.4 Å². The summed E-state index contributed by atoms with van der Waals surface area (Å²) in [6, 6.07) is 5.31. The van der Waals surface area contributed by atoms with Gasteiger partial charge in [-0.25, -0.2) is 15.0 Å². The zero-order valence-electron chi connectivity index (χ0n) is 20.0. The fourth-order valence-electron chi connectivity index (χ4n) is 4.89. The first-order valence-electron chi connectivity index (χ1n) is 11.9. The second-order valence-electron chi connectivity index (χ2n) is 9.58. The lowest BCUT2D eigenvalue weighted by atomic mass is 10.1. The Hall–Kier alpha value is -3.24. The zero-order valence-corrected chi connectivity index (χ0v) is 20.0. The maximum atomic E-state index is 13.4. The molecule has 9 nitrogen and oxygen atoms in total. The summed E-state index contributed by atoms with van der Waals surface area (Å²) in [6.45, 7) is 4.81. The molecule has 3 aromatic rings. The van der Waals surface area contributed by atoms with E-state index in [4.69, 9.17) is 18.9 Å². The predicted octanol–water partition coefficient (Wildman–Crippen LogP) is 3.52. The summed E-state index contributed by atoms with van der Waals surface area (Å²) in [5, 5.41) is 3.35. The molecule has 5 heterocycles. The average Bonchev–Trinajstić information content (AvgIpc) is 3.62. The fraction of sp³-hybridized carbons (Fsp3) is 0.480. The largest absolute Gasteiger partial charge is 0.417 e. The molecule has 5 atom stereocenters. The van der Waals surface area contributed by atoms with Crippen LogP contribution in [0.25, 0.3) is 11.2 Å². The summed E-state index contributed by atoms with van der Waals surface area (Å²) < 4.78 is 65.9. The van der Waals surface area contributed by atoms with Crippen LogP contribution in [0, 0.1) is 11.8 Å². The van der Waals surface area contributed by atoms with Crippen molar-refractivity contribution in [2.75, 3.05) is 18.5 Å². The lowest BCUT2D eigenvalue weighted by molar-refractivity contribution is -0.190. The maximum Gasteiger partial charge on any atom is 0.417 e. The lowest BCUT2D eigenvalue weighted by Gasteiger charge is -2.23. The van der Waals surface area contributed by atoms with Crippen LogP contribution in [0.5, 0.6) is 0 Å². The van der Waals surface area contributed by atoms with Crippen LogP contribution in [0.3, 0.4) is 0 Å². The first kappa shape index (κ1) is 24.1. The summed E-state index contributed by atoms with van der Waals surface area (Å²) in [6.07, 6.45) is -3.41. The molecular weight excluding hydrogens is 491 g/mol. The van der Waals surface area contributed by atoms with Gasteiger partial charge in [0.15, 0.2) is 29.0 Å². The molecule has 3 saturated heterocycles. The number of anilines is 1. The Morgan fingerprint density at radius 1 is 1.11 bits per heavy atom. The van der Waals surface area contributed by atoms with E-state index in [0.717, 1.165) is 12.5 Å². The number of hydrogen-bond donors (Lipinski definition) is 1. The average molecular weight is 515 g/mol. The van der Waals surface area contributed by atoms with Gasteiger partial charge in [-0.3, -0.25) is 4.57 Å². The molecule has 0 bridgehead atoms. The number of aromatic nitrogens is 4. The number of nitrogens with one attached hydrogen (secondary N) is 1. The Morgan fingerprint density at radius 3 is 2.70 bits per heavy atom. The summed E-state index contributed by atoms with van der Waals surface area (Å²) in [5.74, 6) is 5.15. The quantitative estimate of drug-likeness (QED) is 0.530. The number of nitrogens with zero attached hydrogens (tertiary/aromatic N) is 4. The van der Waals surface area contributed by atoms with Crippen molar-refractivity contribution in [1.82, 2.24) is 19.5 Å². The second kappa shape index (κ2) is 8.95. The standard InChI is InChI=1S/C25H24F3N5O4/c1-24(2)36-19-17(8-7-14-5-3-4-6-16(14)25(26,27)28)35-23(20(19)37-24)33-13-31-18-21(29-12-30-22(18)33)32-15-9-10-34-11-15/h3-6,12-13,15,17,19-20,23H,9-11H2,1-2H3,(H,29,30,32)/t15?,17-,19-,20+,23-/m1/s1. The molecule has 2 aromatic heterocycles. The van der Waals surface area contributed by atoms with E-state index < -0.39 is 42.1 Å². The van der Waals surface area contributed by atoms with E-state index in [1.165, 1.54) is 24.5 Å². The van der Waals surface area contributed by atoms with E-state index in [-0.39, 0.29) is 11.6 Å². The van der Waals surface area contributed by atoms with Crippen molar-refractivity contribution in [3.05, 3.63) is 48.0 Å². The third-order valence-corrected chi connectivity index (χ3v) is 6.51. The fourth-order valence-corrected chi connectivity index (χ4v) is 4.89. The van der Waals surface area contributed by atoms with Crippen LogP contribution in [0.15, 0.2) is 36.9 Å². The Morgan fingerprint density at radius 2 is 1.92 bits per heavy atom. The molecule has 0 radical (unpaired) electrons. The summed E-state index contributed by atoms with van der Waals surface area (Å²) >= 11 is 0. The van der Waals surface area contributed by atoms with E-state index >= 15 is 0 Å². The molecule has 3 aliphatic heterocycles. The normalized spacial score (nSPS) is 28.7. The highest BCUT2D eigenvalue weighted by atomic mass is 19.4. The van der Waals surface area contributed by atoms with Crippen molar-refractivity contribution in [2.24, 2.45) is 0 Å². The van der Waals surface area contributed by atoms with Gasteiger partial charge in [0.25, 0.3) is 0 Å². The highest BCUT2D eigenvalue weighted by Gasteiger charge is 2.56. The van der Waals surface area contributed by atoms with Gasteiger partial charge in [-0.15, -0.1) is 0 Å². The Kier molecular flexibility index (Phi) is 5.83. The van der Waals surface area contributed by atoms with Crippen molar-refractivity contribution in [3.63, 3.8) is 0 Å². The van der Waals surface area contributed by atoms with Gasteiger partial charge in [0.2, 0.25) is 0 Å². The smallest absolute Gasteiger partial charge is 0.379 e. The molecule has 12 heteroatoms. The highest BCUT2D eigenvalue weighted by Crippen LogP contribution is 2.44. The van der Waals surface area contributed by atoms with Crippen molar-refractivity contribution >= 4 is 17.0 Å². The molecule has 0 spiro atoms. The van der Waals surface area contributed by atoms with Gasteiger partial charge in [0, 0.05) is 12.2 Å². The van der Waals surface area contributed by atoms with Gasteiger partial charge in [0.05, 0.1) is 24.5 Å². The maximum absolute atomic E-state index is 13.4. The molecule has 194 valence electrons. The predicted molar refractivity (Wildman–Crippen MR) is 124 cm³/mol. The minimum Gasteiger partial charge on any atom is -0.379 e. The molecule has 6 rings (SSSR count). The minimum absolute atomic E-state index is 0.127. The third-order valence-electron chi connectivity index (χ3n) is 6.51. The van der Waals surface area contributed by atoms with Crippen LogP contribution < -0.4 is 5.32 Å². The number of imidazole rings is 1. The number of rotatable bonds is 3. The van der Waals surface area contributed by atoms with Crippen molar-refractivity contribution in [1.29, 1.82) is 0 Å². The molecule has 0 saturated carbocycles. The molecule has 3 aliphatic rings. The van der Waals surface area contributed by atoms with Gasteiger partial charge in [-0.1, -0.05) is 24.0 Å². The molecule has 0 amide bonds. The number of alkyl halides is 3. The third kappa shape index (κ3) is 4.53. The van der Waals surface area contributed by atoms with E-state index in [1.54, 1.807) is 24.7 Å². The summed E-state index contributed by atoms with van der Waals surface area (Å²) in [5.41, 5.74) is 0.137. The number of halogens is 3. The van der Waals surface area contributed by atoms with Crippen molar-refractivity contribution in [2.45, 2.75) is 62.8 Å². The van der Waals surface area contributed by atoms with E-state index in [9.17, 15) is 13.2 Å². The van der Waals surface area contributed by atoms with Crippen molar-refractivity contribution in [3.8, 4) is 11.8 Å². The molecule has 0 aliphatic carbocycles. The van der Waals surface area contributed by atoms with Crippen LogP contribution in [0.1, 0.15) is 37.6 Å². The number of ether oxygens (including phenoxy) is 4. The molecular formula is C25H24F3N5O4. The van der Waals surface area contributed by atoms with E-state index in [2.05, 4.69) is 32.1 Å². The molecule has 1 unspecified atom stereocenters. The number of hydrogen-bond acceptors (Lipinski definition) is 8. The van der Waals surface area contributed by atoms with Crippen molar-refractivity contribution < 1.29 is 32.1 Å². The Bertz CT molecular complexity index is 1380. The highest BCUT2D eigenvalue weighted by molar-refractivity contribution is 5.82. The van der Waals surface area contributed by atoms with Crippen LogP contribution in [-0.2, 0) is 25.1 Å². The van der Waals surface area contributed by atoms with Crippen LogP contribution in [0.2, 0.25) is 0 Å². The number of benzene rings is 1. The second-order valence-corrected chi connectivity index (χ2v) is 9.58. The lowest BCUT2D eigenvalue weighted by Crippen LogP contribution is -2.28. The molecule has 1 aromatic carbocycles. The Labute approximate surface area is 210 Å². The van der Waals surface area contributed by atoms with E-state index in [1.807, 2.05) is 0 Å². The SMILES string of the molecule is CC1(C)O[C@H]2[C@H](O1)[C@@H](C#Cc1ccccc1C(F)(F)F)O[C@H]2n1cnc2c(NC3CCOC3)ncnc21. The van der Waals surface area contributed by atoms with Gasteiger partial charge < -0.3 is 24.3 Å². The van der Waals surface area contributed by atoms with Gasteiger partial charge >= 0.3 is 6.18 Å². The molecule has 37 heavy (non-hydrogen) atoms. The van der Waals surface area contributed by atoms with E-state index in [0.29, 0.717) is 30.2 Å². The topological polar surface area (TPSA) is 92.6 Å². The van der Waals surface area contributed by atoms with Crippen LogP contribution in [0.4, 0.5) is 19.0 Å². The molecule has 1 N–H and O–H groups in total. The first-order chi connectivity index (χ1) is 17.7. The van der Waals surface area contributed by atoms with Crippen LogP contribution >= 0.6 is 0 Å². The summed E-state index contributed by atoms with van der Waals surface area (Å²) in [7, 11) is 0. The monoisotopic (exact) mass is 515 g/mol. The van der Waals surface area contributed by atoms with Crippen LogP contribution in [-0.4, -0.2) is 62.9 Å². The van der Waals surface area contributed by atoms with Gasteiger partial charge in [0.1, 0.15) is 24.6 Å². The molecule has 3 fully saturated rings.